The summed E-state index contributed by atoms with van der Waals surface area (Å²) in [5.74, 6) is 2.85. The monoisotopic (exact) mass is 437 g/mol. The van der Waals surface area contributed by atoms with Crippen LogP contribution < -0.4 is 15.4 Å². The largest absolute Gasteiger partial charge is 0.489 e. The molecule has 0 saturated carbocycles. The molecule has 2 N–H and O–H groups in total. The van der Waals surface area contributed by atoms with Crippen LogP contribution in [0.1, 0.15) is 19.4 Å². The molecule has 0 fully saturated rings. The Labute approximate surface area is 155 Å². The predicted octanol–water partition coefficient (Wildman–Crippen LogP) is 3.30. The van der Waals surface area contributed by atoms with E-state index in [0.717, 1.165) is 36.1 Å². The summed E-state index contributed by atoms with van der Waals surface area (Å²) >= 11 is 1.82. The molecule has 1 atom stereocenters. The molecule has 0 amide bonds. The fraction of sp³-hybridized carbons (Fsp3) is 0.562. The number of benzene rings is 1. The van der Waals surface area contributed by atoms with Gasteiger partial charge in [0.1, 0.15) is 11.9 Å². The molecule has 1 aromatic rings. The molecular formula is C16H28IN3OS. The van der Waals surface area contributed by atoms with E-state index in [1.54, 1.807) is 0 Å². The van der Waals surface area contributed by atoms with Crippen molar-refractivity contribution in [3.63, 3.8) is 0 Å². The maximum atomic E-state index is 5.93. The van der Waals surface area contributed by atoms with Gasteiger partial charge in [-0.15, -0.1) is 24.0 Å². The second-order valence-electron chi connectivity index (χ2n) is 4.83. The SMILES string of the molecule is CCNC(=NCC(C)Oc1ccccc1C)NCCSC.I. The van der Waals surface area contributed by atoms with E-state index in [9.17, 15) is 0 Å². The fourth-order valence-electron chi connectivity index (χ4n) is 1.78. The van der Waals surface area contributed by atoms with Crippen LogP contribution in [0.2, 0.25) is 0 Å². The van der Waals surface area contributed by atoms with Crippen molar-refractivity contribution in [2.45, 2.75) is 26.9 Å². The molecule has 4 nitrogen and oxygen atoms in total. The van der Waals surface area contributed by atoms with Crippen LogP contribution in [0.25, 0.3) is 0 Å². The van der Waals surface area contributed by atoms with Gasteiger partial charge in [-0.1, -0.05) is 18.2 Å². The Morgan fingerprint density at radius 1 is 1.32 bits per heavy atom. The van der Waals surface area contributed by atoms with Crippen LogP contribution in [-0.4, -0.2) is 43.7 Å². The second kappa shape index (κ2) is 12.9. The minimum atomic E-state index is 0. The van der Waals surface area contributed by atoms with Crippen LogP contribution in [0.3, 0.4) is 0 Å². The number of para-hydroxylation sites is 1. The van der Waals surface area contributed by atoms with Gasteiger partial charge in [0, 0.05) is 18.8 Å². The maximum absolute atomic E-state index is 5.93. The van der Waals surface area contributed by atoms with Gasteiger partial charge in [-0.25, -0.2) is 4.99 Å². The number of nitrogens with zero attached hydrogens (tertiary/aromatic N) is 1. The van der Waals surface area contributed by atoms with Gasteiger partial charge in [0.15, 0.2) is 5.96 Å². The minimum absolute atomic E-state index is 0. The normalized spacial score (nSPS) is 12.3. The Hall–Kier alpha value is -0.630. The number of hydrogen-bond donors (Lipinski definition) is 2. The molecule has 0 heterocycles. The highest BCUT2D eigenvalue weighted by Gasteiger charge is 2.06. The molecule has 1 rings (SSSR count). The van der Waals surface area contributed by atoms with Crippen LogP contribution in [0, 0.1) is 6.92 Å². The lowest BCUT2D eigenvalue weighted by atomic mass is 10.2. The Morgan fingerprint density at radius 3 is 2.68 bits per heavy atom. The molecule has 0 spiro atoms. The molecule has 126 valence electrons. The molecule has 0 aliphatic rings. The van der Waals surface area contributed by atoms with Crippen molar-refractivity contribution in [2.24, 2.45) is 4.99 Å². The van der Waals surface area contributed by atoms with Crippen molar-refractivity contribution in [3.8, 4) is 5.75 Å². The zero-order chi connectivity index (χ0) is 15.5. The highest BCUT2D eigenvalue weighted by atomic mass is 127. The first-order valence-electron chi connectivity index (χ1n) is 7.40. The summed E-state index contributed by atoms with van der Waals surface area (Å²) in [6, 6.07) is 8.06. The molecule has 6 heteroatoms. The molecule has 0 radical (unpaired) electrons. The maximum Gasteiger partial charge on any atom is 0.191 e. The quantitative estimate of drug-likeness (QED) is 0.284. The number of guanidine groups is 1. The third-order valence-electron chi connectivity index (χ3n) is 2.87. The minimum Gasteiger partial charge on any atom is -0.489 e. The van der Waals surface area contributed by atoms with Crippen molar-refractivity contribution in [1.29, 1.82) is 0 Å². The van der Waals surface area contributed by atoms with Crippen LogP contribution in [0.4, 0.5) is 0 Å². The predicted molar refractivity (Wildman–Crippen MR) is 109 cm³/mol. The standard InChI is InChI=1S/C16H27N3OS.HI/c1-5-17-16(18-10-11-21-4)19-12-14(3)20-15-9-7-6-8-13(15)2;/h6-9,14H,5,10-12H2,1-4H3,(H2,17,18,19);1H. The van der Waals surface area contributed by atoms with Crippen LogP contribution >= 0.6 is 35.7 Å². The van der Waals surface area contributed by atoms with Crippen molar-refractivity contribution >= 4 is 41.7 Å². The first kappa shape index (κ1) is 21.4. The van der Waals surface area contributed by atoms with Crippen molar-refractivity contribution in [2.75, 3.05) is 31.6 Å². The second-order valence-corrected chi connectivity index (χ2v) is 5.82. The van der Waals surface area contributed by atoms with Gasteiger partial charge in [0.25, 0.3) is 0 Å². The fourth-order valence-corrected chi connectivity index (χ4v) is 2.08. The first-order chi connectivity index (χ1) is 10.2. The van der Waals surface area contributed by atoms with E-state index in [1.165, 1.54) is 0 Å². The topological polar surface area (TPSA) is 45.7 Å². The summed E-state index contributed by atoms with van der Waals surface area (Å²) in [7, 11) is 0. The van der Waals surface area contributed by atoms with E-state index in [0.29, 0.717) is 6.54 Å². The number of halogens is 1. The van der Waals surface area contributed by atoms with Crippen LogP contribution in [0.5, 0.6) is 5.75 Å². The number of aryl methyl sites for hydroxylation is 1. The van der Waals surface area contributed by atoms with E-state index in [4.69, 9.17) is 4.74 Å². The average molecular weight is 437 g/mol. The summed E-state index contributed by atoms with van der Waals surface area (Å²) in [6.07, 6.45) is 2.14. The summed E-state index contributed by atoms with van der Waals surface area (Å²) < 4.78 is 5.93. The Bertz CT molecular complexity index is 443. The Balaban J connectivity index is 0.00000441. The highest BCUT2D eigenvalue weighted by Crippen LogP contribution is 2.17. The van der Waals surface area contributed by atoms with Crippen molar-refractivity contribution in [3.05, 3.63) is 29.8 Å². The molecule has 0 aliphatic heterocycles. The summed E-state index contributed by atoms with van der Waals surface area (Å²) in [5, 5.41) is 6.56. The van der Waals surface area contributed by atoms with Crippen LogP contribution in [0.15, 0.2) is 29.3 Å². The van der Waals surface area contributed by atoms with Crippen molar-refractivity contribution < 1.29 is 4.74 Å². The first-order valence-corrected chi connectivity index (χ1v) is 8.80. The average Bonchev–Trinajstić information content (AvgIpc) is 2.47. The molecule has 22 heavy (non-hydrogen) atoms. The van der Waals surface area contributed by atoms with E-state index < -0.39 is 0 Å². The smallest absolute Gasteiger partial charge is 0.191 e. The van der Waals surface area contributed by atoms with E-state index in [-0.39, 0.29) is 30.1 Å². The molecule has 0 saturated heterocycles. The van der Waals surface area contributed by atoms with Gasteiger partial charge in [0.05, 0.1) is 6.54 Å². The van der Waals surface area contributed by atoms with Gasteiger partial charge in [-0.05, 0) is 38.7 Å². The molecule has 0 bridgehead atoms. The third-order valence-corrected chi connectivity index (χ3v) is 3.48. The van der Waals surface area contributed by atoms with E-state index >= 15 is 0 Å². The molecule has 1 aromatic carbocycles. The summed E-state index contributed by atoms with van der Waals surface area (Å²) in [5.41, 5.74) is 1.15. The lowest BCUT2D eigenvalue weighted by Crippen LogP contribution is -2.39. The van der Waals surface area contributed by atoms with Gasteiger partial charge in [-0.3, -0.25) is 0 Å². The number of ether oxygens (including phenoxy) is 1. The summed E-state index contributed by atoms with van der Waals surface area (Å²) in [4.78, 5) is 4.57. The molecule has 0 aromatic heterocycles. The van der Waals surface area contributed by atoms with Crippen molar-refractivity contribution in [1.82, 2.24) is 10.6 Å². The molecule has 1 unspecified atom stereocenters. The molecular weight excluding hydrogens is 409 g/mol. The zero-order valence-corrected chi connectivity index (χ0v) is 17.0. The highest BCUT2D eigenvalue weighted by molar-refractivity contribution is 14.0. The van der Waals surface area contributed by atoms with Gasteiger partial charge in [0.2, 0.25) is 0 Å². The number of hydrogen-bond acceptors (Lipinski definition) is 3. The lowest BCUT2D eigenvalue weighted by molar-refractivity contribution is 0.228. The molecule has 0 aliphatic carbocycles. The van der Waals surface area contributed by atoms with Gasteiger partial charge < -0.3 is 15.4 Å². The number of rotatable bonds is 8. The Morgan fingerprint density at radius 2 is 2.05 bits per heavy atom. The Kier molecular flexibility index (Phi) is 12.5. The van der Waals surface area contributed by atoms with E-state index in [1.807, 2.05) is 36.9 Å². The third kappa shape index (κ3) is 8.73. The number of aliphatic imine (C=N–C) groups is 1. The van der Waals surface area contributed by atoms with E-state index in [2.05, 4.69) is 41.8 Å². The van der Waals surface area contributed by atoms with Crippen LogP contribution in [-0.2, 0) is 0 Å². The van der Waals surface area contributed by atoms with Gasteiger partial charge >= 0.3 is 0 Å². The lowest BCUT2D eigenvalue weighted by Gasteiger charge is -2.16. The van der Waals surface area contributed by atoms with Gasteiger partial charge in [-0.2, -0.15) is 11.8 Å². The zero-order valence-electron chi connectivity index (χ0n) is 13.9. The number of nitrogens with one attached hydrogen (secondary N) is 2. The number of thioether (sulfide) groups is 1. The summed E-state index contributed by atoms with van der Waals surface area (Å²) in [6.45, 7) is 8.57.